The molecule has 1 aromatic carbocycles. The number of alkyl halides is 1. The first-order valence-electron chi connectivity index (χ1n) is 8.73. The van der Waals surface area contributed by atoms with Crippen LogP contribution >= 0.6 is 0 Å². The molecule has 136 valence electrons. The molecule has 0 saturated carbocycles. The molecule has 2 saturated heterocycles. The molecule has 3 rings (SSSR count). The first kappa shape index (κ1) is 17.6. The van der Waals surface area contributed by atoms with E-state index in [1.165, 1.54) is 17.0 Å². The zero-order chi connectivity index (χ0) is 18.0. The van der Waals surface area contributed by atoms with Gasteiger partial charge in [0.1, 0.15) is 18.0 Å². The van der Waals surface area contributed by atoms with E-state index >= 15 is 0 Å². The van der Waals surface area contributed by atoms with Crippen molar-refractivity contribution in [1.29, 1.82) is 0 Å². The van der Waals surface area contributed by atoms with Gasteiger partial charge in [-0.1, -0.05) is 6.07 Å². The monoisotopic (exact) mass is 351 g/mol. The molecule has 2 atom stereocenters. The van der Waals surface area contributed by atoms with E-state index in [-0.39, 0.29) is 18.9 Å². The average molecular weight is 351 g/mol. The number of hydrogen-bond donors (Lipinski definition) is 1. The molecule has 2 heterocycles. The maximum absolute atomic E-state index is 13.9. The molecule has 0 spiro atoms. The molecule has 25 heavy (non-hydrogen) atoms. The van der Waals surface area contributed by atoms with Crippen LogP contribution in [0, 0.1) is 12.7 Å². The zero-order valence-corrected chi connectivity index (χ0v) is 14.3. The highest BCUT2D eigenvalue weighted by Crippen LogP contribution is 2.25. The summed E-state index contributed by atoms with van der Waals surface area (Å²) in [6, 6.07) is 3.03. The molecule has 2 fully saturated rings. The highest BCUT2D eigenvalue weighted by Gasteiger charge is 2.41. The third-order valence-electron chi connectivity index (χ3n) is 4.97. The largest absolute Gasteiger partial charge is 0.341 e. The van der Waals surface area contributed by atoms with Gasteiger partial charge in [-0.25, -0.2) is 13.6 Å². The number of amides is 3. The van der Waals surface area contributed by atoms with Crippen LogP contribution in [-0.2, 0) is 4.79 Å². The summed E-state index contributed by atoms with van der Waals surface area (Å²) in [5.74, 6) is -0.616. The number of carbonyl (C=O) groups excluding carboxylic acids is 2. The predicted molar refractivity (Wildman–Crippen MR) is 90.6 cm³/mol. The van der Waals surface area contributed by atoms with Crippen LogP contribution in [0.1, 0.15) is 31.2 Å². The van der Waals surface area contributed by atoms with Crippen molar-refractivity contribution in [3.63, 3.8) is 0 Å². The fraction of sp³-hybridized carbons (Fsp3) is 0.556. The minimum absolute atomic E-state index is 0.0187. The van der Waals surface area contributed by atoms with Gasteiger partial charge in [0.15, 0.2) is 0 Å². The van der Waals surface area contributed by atoms with E-state index in [4.69, 9.17) is 0 Å². The van der Waals surface area contributed by atoms with Gasteiger partial charge in [-0.15, -0.1) is 0 Å². The molecule has 0 unspecified atom stereocenters. The molecule has 0 bridgehead atoms. The van der Waals surface area contributed by atoms with Crippen LogP contribution in [0.5, 0.6) is 0 Å². The summed E-state index contributed by atoms with van der Waals surface area (Å²) in [7, 11) is 0. The van der Waals surface area contributed by atoms with Crippen molar-refractivity contribution in [2.45, 2.75) is 44.8 Å². The number of benzene rings is 1. The Hall–Kier alpha value is -2.18. The Kier molecular flexibility index (Phi) is 5.20. The Balaban J connectivity index is 1.73. The van der Waals surface area contributed by atoms with Gasteiger partial charge >= 0.3 is 6.03 Å². The zero-order valence-electron chi connectivity index (χ0n) is 14.3. The molecule has 7 heteroatoms. The van der Waals surface area contributed by atoms with Gasteiger partial charge in [-0.05, 0) is 38.3 Å². The number of likely N-dealkylation sites (tertiary alicyclic amines) is 2. The summed E-state index contributed by atoms with van der Waals surface area (Å²) in [6.45, 7) is 2.75. The maximum Gasteiger partial charge on any atom is 0.322 e. The van der Waals surface area contributed by atoms with Crippen LogP contribution in [0.25, 0.3) is 0 Å². The van der Waals surface area contributed by atoms with Crippen LogP contribution < -0.4 is 5.32 Å². The van der Waals surface area contributed by atoms with Crippen LogP contribution in [0.15, 0.2) is 18.2 Å². The van der Waals surface area contributed by atoms with E-state index in [1.54, 1.807) is 17.9 Å². The first-order valence-corrected chi connectivity index (χ1v) is 8.73. The number of urea groups is 1. The van der Waals surface area contributed by atoms with E-state index in [2.05, 4.69) is 5.32 Å². The normalized spacial score (nSPS) is 23.6. The second kappa shape index (κ2) is 7.37. The van der Waals surface area contributed by atoms with E-state index in [1.807, 2.05) is 0 Å². The summed E-state index contributed by atoms with van der Waals surface area (Å²) in [5, 5.41) is 2.61. The number of hydrogen-bond acceptors (Lipinski definition) is 2. The van der Waals surface area contributed by atoms with Crippen molar-refractivity contribution in [2.75, 3.05) is 25.0 Å². The molecular weight excluding hydrogens is 328 g/mol. The molecule has 3 amide bonds. The second-order valence-electron chi connectivity index (χ2n) is 6.73. The van der Waals surface area contributed by atoms with Crippen LogP contribution in [0.2, 0.25) is 0 Å². The fourth-order valence-electron chi connectivity index (χ4n) is 3.50. The van der Waals surface area contributed by atoms with Crippen LogP contribution in [0.3, 0.4) is 0 Å². The minimum Gasteiger partial charge on any atom is -0.341 e. The van der Waals surface area contributed by atoms with Gasteiger partial charge in [-0.3, -0.25) is 4.79 Å². The van der Waals surface area contributed by atoms with Crippen LogP contribution in [-0.4, -0.2) is 53.6 Å². The summed E-state index contributed by atoms with van der Waals surface area (Å²) >= 11 is 0. The summed E-state index contributed by atoms with van der Waals surface area (Å²) in [6.07, 6.45) is 1.75. The number of halogens is 2. The molecule has 1 aromatic rings. The lowest BCUT2D eigenvalue weighted by molar-refractivity contribution is -0.136. The number of anilines is 1. The predicted octanol–water partition coefficient (Wildman–Crippen LogP) is 3.09. The van der Waals surface area contributed by atoms with E-state index in [9.17, 15) is 18.4 Å². The Bertz CT molecular complexity index is 662. The molecule has 0 aromatic heterocycles. The van der Waals surface area contributed by atoms with Gasteiger partial charge in [0.05, 0.1) is 6.54 Å². The van der Waals surface area contributed by atoms with Gasteiger partial charge < -0.3 is 15.1 Å². The second-order valence-corrected chi connectivity index (χ2v) is 6.73. The van der Waals surface area contributed by atoms with Crippen molar-refractivity contribution < 1.29 is 18.4 Å². The number of nitrogens with one attached hydrogen (secondary N) is 1. The number of carbonyl (C=O) groups is 2. The smallest absolute Gasteiger partial charge is 0.322 e. The molecule has 2 aliphatic heterocycles. The van der Waals surface area contributed by atoms with Gasteiger partial charge in [0.2, 0.25) is 5.91 Å². The van der Waals surface area contributed by atoms with Crippen LogP contribution in [0.4, 0.5) is 19.3 Å². The molecule has 5 nitrogen and oxygen atoms in total. The molecular formula is C18H23F2N3O2. The summed E-state index contributed by atoms with van der Waals surface area (Å²) in [5.41, 5.74) is 0.641. The third kappa shape index (κ3) is 3.75. The maximum atomic E-state index is 13.9. The SMILES string of the molecule is Cc1c(F)cccc1NC(=O)N1C[C@@H](F)C[C@H]1C(=O)N1CCCCC1. The van der Waals surface area contributed by atoms with E-state index < -0.39 is 24.1 Å². The molecule has 0 aliphatic carbocycles. The Morgan fingerprint density at radius 1 is 1.20 bits per heavy atom. The van der Waals surface area contributed by atoms with E-state index in [0.29, 0.717) is 24.3 Å². The third-order valence-corrected chi connectivity index (χ3v) is 4.97. The Labute approximate surface area is 146 Å². The number of rotatable bonds is 2. The first-order chi connectivity index (χ1) is 12.0. The van der Waals surface area contributed by atoms with Gasteiger partial charge in [-0.2, -0.15) is 0 Å². The molecule has 1 N–H and O–H groups in total. The van der Waals surface area contributed by atoms with Crippen molar-refractivity contribution >= 4 is 17.6 Å². The van der Waals surface area contributed by atoms with Crippen molar-refractivity contribution in [3.8, 4) is 0 Å². The quantitative estimate of drug-likeness (QED) is 0.890. The molecule has 0 radical (unpaired) electrons. The van der Waals surface area contributed by atoms with Crippen molar-refractivity contribution in [1.82, 2.24) is 9.80 Å². The topological polar surface area (TPSA) is 52.7 Å². The highest BCUT2D eigenvalue weighted by atomic mass is 19.1. The van der Waals surface area contributed by atoms with Gasteiger partial charge in [0, 0.05) is 30.8 Å². The average Bonchev–Trinajstić information content (AvgIpc) is 3.01. The van der Waals surface area contributed by atoms with Crippen molar-refractivity contribution in [2.24, 2.45) is 0 Å². The highest BCUT2D eigenvalue weighted by molar-refractivity contribution is 5.94. The fourth-order valence-corrected chi connectivity index (χ4v) is 3.50. The van der Waals surface area contributed by atoms with E-state index in [0.717, 1.165) is 19.3 Å². The number of piperidine rings is 1. The Morgan fingerprint density at radius 2 is 1.92 bits per heavy atom. The van der Waals surface area contributed by atoms with Crippen molar-refractivity contribution in [3.05, 3.63) is 29.6 Å². The summed E-state index contributed by atoms with van der Waals surface area (Å²) in [4.78, 5) is 28.3. The van der Waals surface area contributed by atoms with Gasteiger partial charge in [0.25, 0.3) is 0 Å². The lowest BCUT2D eigenvalue weighted by Gasteiger charge is -2.32. The minimum atomic E-state index is -1.22. The molecule has 2 aliphatic rings. The standard InChI is InChI=1S/C18H23F2N3O2/c1-12-14(20)6-5-7-15(12)21-18(25)23-11-13(19)10-16(23)17(24)22-8-3-2-4-9-22/h5-7,13,16H,2-4,8-11H2,1H3,(H,21,25)/t13-,16-/m0/s1. The Morgan fingerprint density at radius 3 is 2.64 bits per heavy atom. The lowest BCUT2D eigenvalue weighted by atomic mass is 10.1. The number of nitrogens with zero attached hydrogens (tertiary/aromatic N) is 2. The summed E-state index contributed by atoms with van der Waals surface area (Å²) < 4.78 is 27.6. The lowest BCUT2D eigenvalue weighted by Crippen LogP contribution is -2.50.